The van der Waals surface area contributed by atoms with Crippen LogP contribution in [0.1, 0.15) is 0 Å². The molecule has 1 aliphatic rings. The number of ether oxygens (including phenoxy) is 4. The van der Waals surface area contributed by atoms with Gasteiger partial charge in [0.15, 0.2) is 23.0 Å². The van der Waals surface area contributed by atoms with E-state index in [1.54, 1.807) is 12.1 Å². The second-order valence-electron chi connectivity index (χ2n) is 7.81. The van der Waals surface area contributed by atoms with E-state index in [2.05, 4.69) is 5.32 Å². The Bertz CT molecular complexity index is 1330. The van der Waals surface area contributed by atoms with Crippen molar-refractivity contribution in [2.75, 3.05) is 38.2 Å². The number of methoxy groups -OCH3 is 2. The zero-order chi connectivity index (χ0) is 25.7. The molecule has 36 heavy (non-hydrogen) atoms. The molecule has 1 aliphatic heterocycles. The number of nitrogens with zero attached hydrogens (tertiary/aromatic N) is 1. The third-order valence-electron chi connectivity index (χ3n) is 5.44. The van der Waals surface area contributed by atoms with Gasteiger partial charge in [-0.25, -0.2) is 12.8 Å². The van der Waals surface area contributed by atoms with Crippen LogP contribution in [-0.2, 0) is 14.8 Å². The van der Waals surface area contributed by atoms with E-state index in [1.165, 1.54) is 44.6 Å². The van der Waals surface area contributed by atoms with E-state index in [4.69, 9.17) is 18.9 Å². The minimum atomic E-state index is -4.24. The van der Waals surface area contributed by atoms with Gasteiger partial charge in [0.2, 0.25) is 5.91 Å². The maximum atomic E-state index is 13.6. The van der Waals surface area contributed by atoms with Gasteiger partial charge < -0.3 is 24.3 Å². The number of anilines is 1. The molecular weight excluding hydrogens is 491 g/mol. The molecule has 0 spiro atoms. The van der Waals surface area contributed by atoms with E-state index in [9.17, 15) is 17.6 Å². The predicted molar refractivity (Wildman–Crippen MR) is 130 cm³/mol. The zero-order valence-electron chi connectivity index (χ0n) is 19.6. The number of rotatable bonds is 9. The van der Waals surface area contributed by atoms with E-state index in [0.29, 0.717) is 17.2 Å². The highest BCUT2D eigenvalue weighted by molar-refractivity contribution is 7.92. The van der Waals surface area contributed by atoms with Crippen LogP contribution in [-0.4, -0.2) is 54.3 Å². The Labute approximate surface area is 208 Å². The lowest BCUT2D eigenvalue weighted by Gasteiger charge is -2.27. The Kier molecular flexibility index (Phi) is 7.49. The van der Waals surface area contributed by atoms with Crippen molar-refractivity contribution in [1.29, 1.82) is 0 Å². The lowest BCUT2D eigenvalue weighted by atomic mass is 10.2. The molecule has 3 aromatic carbocycles. The van der Waals surface area contributed by atoms with Crippen LogP contribution >= 0.6 is 0 Å². The van der Waals surface area contributed by atoms with Crippen LogP contribution in [0.4, 0.5) is 10.1 Å². The minimum Gasteiger partial charge on any atom is -0.493 e. The van der Waals surface area contributed by atoms with Crippen LogP contribution in [0.3, 0.4) is 0 Å². The normalized spacial score (nSPS) is 14.6. The van der Waals surface area contributed by atoms with Gasteiger partial charge in [-0.15, -0.1) is 0 Å². The van der Waals surface area contributed by atoms with Gasteiger partial charge in [-0.05, 0) is 48.5 Å². The molecule has 0 aromatic heterocycles. The Morgan fingerprint density at radius 3 is 2.42 bits per heavy atom. The number of benzene rings is 3. The second kappa shape index (κ2) is 10.7. The number of fused-ring (bicyclic) bond motifs is 1. The molecule has 9 nitrogen and oxygen atoms in total. The van der Waals surface area contributed by atoms with Crippen molar-refractivity contribution in [2.24, 2.45) is 0 Å². The quantitative estimate of drug-likeness (QED) is 0.466. The van der Waals surface area contributed by atoms with Crippen molar-refractivity contribution in [3.8, 4) is 23.0 Å². The standard InChI is InChI=1S/C25H25FN2O7S/c1-32-21-12-11-20(13-24(21)33-2)36(30,31)28(18-9-7-17(26)8-10-18)15-25(29)27-14-19-16-34-22-5-3-4-6-23(22)35-19/h3-13,19H,14-16H2,1-2H3,(H,27,29)/t19-/m1/s1. The van der Waals surface area contributed by atoms with Gasteiger partial charge in [0, 0.05) is 6.07 Å². The molecule has 0 radical (unpaired) electrons. The first-order chi connectivity index (χ1) is 17.3. The Morgan fingerprint density at radius 1 is 1.03 bits per heavy atom. The average Bonchev–Trinajstić information content (AvgIpc) is 2.90. The topological polar surface area (TPSA) is 103 Å². The second-order valence-corrected chi connectivity index (χ2v) is 9.67. The number of carbonyl (C=O) groups excluding carboxylic acids is 1. The van der Waals surface area contributed by atoms with Crippen LogP contribution in [0, 0.1) is 5.82 Å². The molecule has 1 N–H and O–H groups in total. The first-order valence-corrected chi connectivity index (χ1v) is 12.4. The third-order valence-corrected chi connectivity index (χ3v) is 7.21. The molecule has 4 rings (SSSR count). The van der Waals surface area contributed by atoms with Crippen molar-refractivity contribution in [3.63, 3.8) is 0 Å². The summed E-state index contributed by atoms with van der Waals surface area (Å²) in [5, 5.41) is 2.69. The first-order valence-electron chi connectivity index (χ1n) is 11.0. The lowest BCUT2D eigenvalue weighted by Crippen LogP contribution is -2.45. The average molecular weight is 517 g/mol. The highest BCUT2D eigenvalue weighted by Gasteiger charge is 2.29. The molecule has 11 heteroatoms. The van der Waals surface area contributed by atoms with Crippen molar-refractivity contribution < 1.29 is 36.6 Å². The Morgan fingerprint density at radius 2 is 1.72 bits per heavy atom. The summed E-state index contributed by atoms with van der Waals surface area (Å²) in [4.78, 5) is 12.7. The fourth-order valence-electron chi connectivity index (χ4n) is 3.60. The summed E-state index contributed by atoms with van der Waals surface area (Å²) in [7, 11) is -1.43. The summed E-state index contributed by atoms with van der Waals surface area (Å²) in [6.45, 7) is -0.226. The van der Waals surface area contributed by atoms with Crippen LogP contribution < -0.4 is 28.6 Å². The molecule has 1 amide bonds. The predicted octanol–water partition coefficient (Wildman–Crippen LogP) is 2.99. The molecule has 0 bridgehead atoms. The number of sulfonamides is 1. The molecular formula is C25H25FN2O7S. The fourth-order valence-corrected chi connectivity index (χ4v) is 5.04. The number of amides is 1. The van der Waals surface area contributed by atoms with E-state index in [1.807, 2.05) is 12.1 Å². The lowest BCUT2D eigenvalue weighted by molar-refractivity contribution is -0.120. The van der Waals surface area contributed by atoms with Crippen LogP contribution in [0.2, 0.25) is 0 Å². The largest absolute Gasteiger partial charge is 0.493 e. The van der Waals surface area contributed by atoms with Gasteiger partial charge in [0.25, 0.3) is 10.0 Å². The van der Waals surface area contributed by atoms with E-state index < -0.39 is 34.4 Å². The van der Waals surface area contributed by atoms with Crippen molar-refractivity contribution in [1.82, 2.24) is 5.32 Å². The molecule has 0 saturated carbocycles. The fraction of sp³-hybridized carbons (Fsp3) is 0.240. The Balaban J connectivity index is 1.53. The van der Waals surface area contributed by atoms with Crippen LogP contribution in [0.25, 0.3) is 0 Å². The number of nitrogens with one attached hydrogen (secondary N) is 1. The van der Waals surface area contributed by atoms with E-state index in [-0.39, 0.29) is 29.5 Å². The molecule has 190 valence electrons. The van der Waals surface area contributed by atoms with Gasteiger partial charge in [-0.2, -0.15) is 0 Å². The van der Waals surface area contributed by atoms with Crippen LogP contribution in [0.5, 0.6) is 23.0 Å². The smallest absolute Gasteiger partial charge is 0.264 e. The molecule has 0 aliphatic carbocycles. The van der Waals surface area contributed by atoms with Crippen LogP contribution in [0.15, 0.2) is 71.6 Å². The highest BCUT2D eigenvalue weighted by atomic mass is 32.2. The summed E-state index contributed by atoms with van der Waals surface area (Å²) in [5.74, 6) is 0.610. The summed E-state index contributed by atoms with van der Waals surface area (Å²) in [6, 6.07) is 16.1. The highest BCUT2D eigenvalue weighted by Crippen LogP contribution is 2.33. The van der Waals surface area contributed by atoms with Gasteiger partial charge in [0.05, 0.1) is 31.3 Å². The third kappa shape index (κ3) is 5.46. The molecule has 1 heterocycles. The number of hydrogen-bond acceptors (Lipinski definition) is 7. The molecule has 0 fully saturated rings. The van der Waals surface area contributed by atoms with Gasteiger partial charge in [-0.3, -0.25) is 9.10 Å². The first kappa shape index (κ1) is 25.1. The summed E-state index contributed by atoms with van der Waals surface area (Å²) in [5.41, 5.74) is 0.118. The van der Waals surface area contributed by atoms with Gasteiger partial charge in [0.1, 0.15) is 25.1 Å². The van der Waals surface area contributed by atoms with Crippen molar-refractivity contribution in [3.05, 3.63) is 72.5 Å². The SMILES string of the molecule is COc1ccc(S(=O)(=O)N(CC(=O)NC[C@@H]2COc3ccccc3O2)c2ccc(F)cc2)cc1OC. The molecule has 3 aromatic rings. The summed E-state index contributed by atoms with van der Waals surface area (Å²) < 4.78 is 63.5. The number of carbonyl (C=O) groups is 1. The molecule has 0 unspecified atom stereocenters. The van der Waals surface area contributed by atoms with E-state index >= 15 is 0 Å². The Hall–Kier alpha value is -3.99. The zero-order valence-corrected chi connectivity index (χ0v) is 20.5. The van der Waals surface area contributed by atoms with E-state index in [0.717, 1.165) is 16.4 Å². The maximum Gasteiger partial charge on any atom is 0.264 e. The number of hydrogen-bond donors (Lipinski definition) is 1. The summed E-state index contributed by atoms with van der Waals surface area (Å²) in [6.07, 6.45) is -0.453. The van der Waals surface area contributed by atoms with Gasteiger partial charge >= 0.3 is 0 Å². The molecule has 1 atom stereocenters. The van der Waals surface area contributed by atoms with Gasteiger partial charge in [-0.1, -0.05) is 12.1 Å². The maximum absolute atomic E-state index is 13.6. The molecule has 0 saturated heterocycles. The monoisotopic (exact) mass is 516 g/mol. The van der Waals surface area contributed by atoms with Crippen molar-refractivity contribution in [2.45, 2.75) is 11.0 Å². The summed E-state index contributed by atoms with van der Waals surface area (Å²) >= 11 is 0. The number of para-hydroxylation sites is 2. The number of halogens is 1. The van der Waals surface area contributed by atoms with Crippen molar-refractivity contribution >= 4 is 21.6 Å². The minimum absolute atomic E-state index is 0.0980.